The number of aliphatic hydroxyl groups excluding tert-OH is 4. The first-order valence-electron chi connectivity index (χ1n) is 29.8. The summed E-state index contributed by atoms with van der Waals surface area (Å²) in [4.78, 5) is 25.5. The molecule has 0 radical (unpaired) electrons. The minimum absolute atomic E-state index is 0.188. The Bertz CT molecular complexity index is 1130. The highest BCUT2D eigenvalue weighted by molar-refractivity contribution is 5.70. The fourth-order valence-corrected chi connectivity index (χ4v) is 9.49. The molecule has 1 rings (SSSR count). The fraction of sp³-hybridized carbons (Fsp3) is 0.932. The molecule has 1 saturated heterocycles. The van der Waals surface area contributed by atoms with Gasteiger partial charge in [0.25, 0.3) is 0 Å². The molecule has 1 aliphatic rings. The van der Waals surface area contributed by atoms with E-state index in [2.05, 4.69) is 26.0 Å². The molecule has 1 fully saturated rings. The molecule has 1 heterocycles. The molecule has 0 aromatic rings. The molecule has 0 amide bonds. The lowest BCUT2D eigenvalue weighted by molar-refractivity contribution is -0.305. The van der Waals surface area contributed by atoms with Crippen LogP contribution in [0.1, 0.15) is 296 Å². The normalized spacial score (nSPS) is 18.8. The summed E-state index contributed by atoms with van der Waals surface area (Å²) in [5.74, 6) is -0.823. The lowest BCUT2D eigenvalue weighted by Gasteiger charge is -2.39. The standard InChI is InChI=1S/C59H112O10/c1-3-5-7-9-11-13-15-17-19-21-23-25-26-28-30-32-34-36-38-40-42-44-46-48-55(62)68-52(51-67-59-58(65)57(64)56(63)53(49-60)69-59)50-66-54(61)47-45-43-41-39-37-35-33-31-29-27-24-22-20-18-16-14-12-10-8-6-4-2/h40,42,52-53,56-60,63-65H,3-39,41,43-51H2,1-2H3/b42-40+/t52-,53-,56+,57?,58?,59-/m1/s1. The van der Waals surface area contributed by atoms with Crippen LogP contribution >= 0.6 is 0 Å². The van der Waals surface area contributed by atoms with Crippen LogP contribution in [0.15, 0.2) is 12.2 Å². The van der Waals surface area contributed by atoms with Crippen LogP contribution in [0.2, 0.25) is 0 Å². The molecule has 0 aromatic heterocycles. The number of carbonyl (C=O) groups is 2. The quantitative estimate of drug-likeness (QED) is 0.0263. The maximum atomic E-state index is 12.9. The van der Waals surface area contributed by atoms with E-state index < -0.39 is 49.4 Å². The van der Waals surface area contributed by atoms with E-state index >= 15 is 0 Å². The van der Waals surface area contributed by atoms with E-state index in [0.29, 0.717) is 6.42 Å². The number of rotatable bonds is 52. The van der Waals surface area contributed by atoms with Gasteiger partial charge in [-0.1, -0.05) is 264 Å². The van der Waals surface area contributed by atoms with Gasteiger partial charge in [-0.05, 0) is 32.1 Å². The second-order valence-electron chi connectivity index (χ2n) is 20.8. The number of ether oxygens (including phenoxy) is 4. The third-order valence-corrected chi connectivity index (χ3v) is 14.2. The second kappa shape index (κ2) is 50.0. The number of esters is 2. The third kappa shape index (κ3) is 40.6. The zero-order valence-electron chi connectivity index (χ0n) is 45.1. The predicted molar refractivity (Wildman–Crippen MR) is 284 cm³/mol. The summed E-state index contributed by atoms with van der Waals surface area (Å²) in [6.07, 6.45) is 51.0. The van der Waals surface area contributed by atoms with Gasteiger partial charge in [0.1, 0.15) is 31.0 Å². The van der Waals surface area contributed by atoms with Crippen molar-refractivity contribution in [2.24, 2.45) is 0 Å². The van der Waals surface area contributed by atoms with E-state index in [-0.39, 0.29) is 32.0 Å². The molecule has 408 valence electrons. The maximum absolute atomic E-state index is 12.9. The molecule has 4 N–H and O–H groups in total. The fourth-order valence-electron chi connectivity index (χ4n) is 9.49. The van der Waals surface area contributed by atoms with Crippen molar-refractivity contribution in [2.75, 3.05) is 19.8 Å². The van der Waals surface area contributed by atoms with Crippen molar-refractivity contribution in [3.05, 3.63) is 12.2 Å². The average molecular weight is 982 g/mol. The first-order valence-corrected chi connectivity index (χ1v) is 29.8. The van der Waals surface area contributed by atoms with E-state index in [1.807, 2.05) is 0 Å². The molecule has 69 heavy (non-hydrogen) atoms. The number of aliphatic hydroxyl groups is 4. The molecule has 2 unspecified atom stereocenters. The molecule has 10 nitrogen and oxygen atoms in total. The number of unbranched alkanes of at least 4 members (excludes halogenated alkanes) is 39. The lowest BCUT2D eigenvalue weighted by Crippen LogP contribution is -2.59. The van der Waals surface area contributed by atoms with Crippen LogP contribution in [-0.4, -0.2) is 89.0 Å². The van der Waals surface area contributed by atoms with Crippen molar-refractivity contribution in [3.8, 4) is 0 Å². The molecule has 0 aliphatic carbocycles. The van der Waals surface area contributed by atoms with Crippen molar-refractivity contribution in [3.63, 3.8) is 0 Å². The largest absolute Gasteiger partial charge is 0.462 e. The van der Waals surface area contributed by atoms with Gasteiger partial charge in [0, 0.05) is 12.8 Å². The highest BCUT2D eigenvalue weighted by atomic mass is 16.7. The predicted octanol–water partition coefficient (Wildman–Crippen LogP) is 15.0. The Labute approximate surface area is 424 Å². The van der Waals surface area contributed by atoms with Crippen LogP contribution in [-0.2, 0) is 28.5 Å². The van der Waals surface area contributed by atoms with Gasteiger partial charge >= 0.3 is 11.9 Å². The summed E-state index contributed by atoms with van der Waals surface area (Å²) in [5, 5.41) is 40.3. The Morgan fingerprint density at radius 2 is 0.783 bits per heavy atom. The molecule has 0 saturated carbocycles. The van der Waals surface area contributed by atoms with Crippen molar-refractivity contribution < 1.29 is 49.0 Å². The van der Waals surface area contributed by atoms with Crippen LogP contribution in [0.5, 0.6) is 0 Å². The monoisotopic (exact) mass is 981 g/mol. The van der Waals surface area contributed by atoms with Gasteiger partial charge < -0.3 is 39.4 Å². The number of carbonyl (C=O) groups excluding carboxylic acids is 2. The van der Waals surface area contributed by atoms with Crippen LogP contribution in [0, 0.1) is 0 Å². The Balaban J connectivity index is 2.19. The van der Waals surface area contributed by atoms with Crippen LogP contribution in [0.25, 0.3) is 0 Å². The molecule has 1 aliphatic heterocycles. The molecular weight excluding hydrogens is 869 g/mol. The van der Waals surface area contributed by atoms with Gasteiger partial charge in [-0.3, -0.25) is 9.59 Å². The summed E-state index contributed by atoms with van der Waals surface area (Å²) in [5.41, 5.74) is 0. The van der Waals surface area contributed by atoms with E-state index in [9.17, 15) is 30.0 Å². The summed E-state index contributed by atoms with van der Waals surface area (Å²) >= 11 is 0. The van der Waals surface area contributed by atoms with Gasteiger partial charge in [-0.25, -0.2) is 0 Å². The Morgan fingerprint density at radius 3 is 1.17 bits per heavy atom. The highest BCUT2D eigenvalue weighted by Gasteiger charge is 2.44. The molecule has 0 spiro atoms. The molecular formula is C59H112O10. The zero-order valence-corrected chi connectivity index (χ0v) is 45.1. The maximum Gasteiger partial charge on any atom is 0.306 e. The number of hydrogen-bond acceptors (Lipinski definition) is 10. The summed E-state index contributed by atoms with van der Waals surface area (Å²) in [6.45, 7) is 3.47. The van der Waals surface area contributed by atoms with Crippen LogP contribution < -0.4 is 0 Å². The molecule has 0 bridgehead atoms. The van der Waals surface area contributed by atoms with Crippen molar-refractivity contribution >= 4 is 11.9 Å². The van der Waals surface area contributed by atoms with Crippen LogP contribution in [0.4, 0.5) is 0 Å². The van der Waals surface area contributed by atoms with Gasteiger partial charge in [0.05, 0.1) is 13.2 Å². The average Bonchev–Trinajstić information content (AvgIpc) is 3.35. The van der Waals surface area contributed by atoms with Gasteiger partial charge in [0.2, 0.25) is 0 Å². The first-order chi connectivity index (χ1) is 33.8. The van der Waals surface area contributed by atoms with Crippen molar-refractivity contribution in [2.45, 2.75) is 333 Å². The lowest BCUT2D eigenvalue weighted by atomic mass is 9.99. The van der Waals surface area contributed by atoms with E-state index in [1.54, 1.807) is 0 Å². The Morgan fingerprint density at radius 1 is 0.435 bits per heavy atom. The molecule has 6 atom stereocenters. The summed E-state index contributed by atoms with van der Waals surface area (Å²) in [6, 6.07) is 0. The van der Waals surface area contributed by atoms with Gasteiger partial charge in [-0.15, -0.1) is 0 Å². The smallest absolute Gasteiger partial charge is 0.306 e. The van der Waals surface area contributed by atoms with Crippen molar-refractivity contribution in [1.29, 1.82) is 0 Å². The van der Waals surface area contributed by atoms with Crippen LogP contribution in [0.3, 0.4) is 0 Å². The van der Waals surface area contributed by atoms with E-state index in [1.165, 1.54) is 231 Å². The minimum Gasteiger partial charge on any atom is -0.462 e. The highest BCUT2D eigenvalue weighted by Crippen LogP contribution is 2.23. The number of allylic oxidation sites excluding steroid dienone is 2. The van der Waals surface area contributed by atoms with Gasteiger partial charge in [-0.2, -0.15) is 0 Å². The Kier molecular flexibility index (Phi) is 47.4. The van der Waals surface area contributed by atoms with Crippen molar-refractivity contribution in [1.82, 2.24) is 0 Å². The second-order valence-corrected chi connectivity index (χ2v) is 20.8. The topological polar surface area (TPSA) is 152 Å². The zero-order chi connectivity index (χ0) is 50.1. The van der Waals surface area contributed by atoms with E-state index in [0.717, 1.165) is 32.1 Å². The molecule has 0 aromatic carbocycles. The molecule has 10 heteroatoms. The Hall–Kier alpha value is -1.56. The third-order valence-electron chi connectivity index (χ3n) is 14.2. The summed E-state index contributed by atoms with van der Waals surface area (Å²) < 4.78 is 22.3. The SMILES string of the molecule is CCCCCCCCCCCCCCCCCCCC/C=C/CCCC(=O)O[C@H](COC(=O)CCCCCCCCCCCCCCCCCCCCCCC)CO[C@@H]1O[C@H](CO)[C@H](O)C(O)C1O. The minimum atomic E-state index is -1.60. The first kappa shape index (κ1) is 65.5. The van der Waals surface area contributed by atoms with Gasteiger partial charge in [0.15, 0.2) is 12.4 Å². The summed E-state index contributed by atoms with van der Waals surface area (Å²) in [7, 11) is 0. The van der Waals surface area contributed by atoms with E-state index in [4.69, 9.17) is 18.9 Å². The number of hydrogen-bond donors (Lipinski definition) is 4.